The third-order valence-electron chi connectivity index (χ3n) is 5.35. The summed E-state index contributed by atoms with van der Waals surface area (Å²) in [6.07, 6.45) is 3.26. The first kappa shape index (κ1) is 20.5. The number of nitrogens with one attached hydrogen (secondary N) is 1. The van der Waals surface area contributed by atoms with Crippen LogP contribution in [-0.4, -0.2) is 35.3 Å². The summed E-state index contributed by atoms with van der Waals surface area (Å²) < 4.78 is 5.23. The van der Waals surface area contributed by atoms with Crippen molar-refractivity contribution in [1.82, 2.24) is 5.32 Å². The first-order chi connectivity index (χ1) is 13.8. The van der Waals surface area contributed by atoms with E-state index < -0.39 is 23.5 Å². The zero-order valence-electron chi connectivity index (χ0n) is 16.3. The molecule has 2 fully saturated rings. The Morgan fingerprint density at radius 1 is 1.10 bits per heavy atom. The summed E-state index contributed by atoms with van der Waals surface area (Å²) in [7, 11) is 0. The lowest BCUT2D eigenvalue weighted by Crippen LogP contribution is -2.52. The van der Waals surface area contributed by atoms with Gasteiger partial charge in [0.2, 0.25) is 11.8 Å². The molecule has 1 N–H and O–H groups in total. The third-order valence-corrected chi connectivity index (χ3v) is 5.35. The number of carbonyl (C=O) groups excluding carboxylic acids is 4. The van der Waals surface area contributed by atoms with Crippen molar-refractivity contribution in [3.05, 3.63) is 29.8 Å². The van der Waals surface area contributed by atoms with Crippen LogP contribution in [0, 0.1) is 11.3 Å². The van der Waals surface area contributed by atoms with E-state index in [1.54, 1.807) is 0 Å². The third kappa shape index (κ3) is 4.45. The van der Waals surface area contributed by atoms with Crippen LogP contribution < -0.4 is 10.2 Å². The molecule has 8 heteroatoms. The number of hydrogen-bond acceptors (Lipinski definition) is 6. The van der Waals surface area contributed by atoms with Crippen LogP contribution in [0.1, 0.15) is 62.2 Å². The highest BCUT2D eigenvalue weighted by Crippen LogP contribution is 2.28. The van der Waals surface area contributed by atoms with E-state index in [-0.39, 0.29) is 30.2 Å². The summed E-state index contributed by atoms with van der Waals surface area (Å²) in [6.45, 7) is 1.46. The molecule has 1 saturated heterocycles. The van der Waals surface area contributed by atoms with Crippen LogP contribution in [0.15, 0.2) is 24.3 Å². The zero-order valence-corrected chi connectivity index (χ0v) is 16.3. The Labute approximate surface area is 168 Å². The summed E-state index contributed by atoms with van der Waals surface area (Å²) in [5, 5.41) is 12.2. The molecule has 0 bridgehead atoms. The maximum Gasteiger partial charge on any atom is 0.338 e. The Balaban J connectivity index is 1.60. The van der Waals surface area contributed by atoms with Gasteiger partial charge in [0.25, 0.3) is 5.91 Å². The van der Waals surface area contributed by atoms with Crippen LogP contribution in [0.2, 0.25) is 0 Å². The minimum atomic E-state index is -1.06. The van der Waals surface area contributed by atoms with Crippen LogP contribution in [-0.2, 0) is 19.1 Å². The molecule has 3 rings (SSSR count). The van der Waals surface area contributed by atoms with Crippen molar-refractivity contribution in [1.29, 1.82) is 5.26 Å². The Morgan fingerprint density at radius 3 is 2.24 bits per heavy atom. The second kappa shape index (κ2) is 8.43. The van der Waals surface area contributed by atoms with Gasteiger partial charge >= 0.3 is 5.97 Å². The average molecular weight is 397 g/mol. The highest BCUT2D eigenvalue weighted by atomic mass is 16.5. The molecule has 1 aliphatic carbocycles. The van der Waals surface area contributed by atoms with Crippen LogP contribution in [0.5, 0.6) is 0 Å². The summed E-state index contributed by atoms with van der Waals surface area (Å²) in [5.41, 5.74) is -0.305. The second-order valence-corrected chi connectivity index (χ2v) is 7.46. The molecule has 0 aromatic heterocycles. The second-order valence-electron chi connectivity index (χ2n) is 7.46. The van der Waals surface area contributed by atoms with E-state index in [1.165, 1.54) is 31.2 Å². The lowest BCUT2D eigenvalue weighted by Gasteiger charge is -2.32. The number of carbonyl (C=O) groups is 4. The van der Waals surface area contributed by atoms with E-state index in [1.807, 2.05) is 0 Å². The van der Waals surface area contributed by atoms with E-state index in [0.717, 1.165) is 24.2 Å². The van der Waals surface area contributed by atoms with Crippen LogP contribution in [0.25, 0.3) is 0 Å². The smallest absolute Gasteiger partial charge is 0.338 e. The van der Waals surface area contributed by atoms with E-state index in [0.29, 0.717) is 18.5 Å². The van der Waals surface area contributed by atoms with E-state index in [4.69, 9.17) is 4.74 Å². The van der Waals surface area contributed by atoms with Gasteiger partial charge in [-0.15, -0.1) is 0 Å². The van der Waals surface area contributed by atoms with Crippen LogP contribution >= 0.6 is 0 Å². The zero-order chi connectivity index (χ0) is 21.0. The highest BCUT2D eigenvalue weighted by molar-refractivity contribution is 6.19. The molecule has 1 atom stereocenters. The lowest BCUT2D eigenvalue weighted by molar-refractivity contribution is -0.130. The Morgan fingerprint density at radius 2 is 1.69 bits per heavy atom. The molecule has 1 aliphatic heterocycles. The number of imide groups is 1. The van der Waals surface area contributed by atoms with Crippen molar-refractivity contribution < 1.29 is 23.9 Å². The standard InChI is InChI=1S/C21H23N3O5/c1-14(19(27)23-21(13-22)11-3-2-4-12-21)29-20(28)15-5-7-16(8-6-15)24-17(25)9-10-18(24)26/h5-8,14H,2-4,9-12H2,1H3,(H,23,27)/t14-/m1/s1. The first-order valence-corrected chi connectivity index (χ1v) is 9.75. The maximum absolute atomic E-state index is 12.4. The molecule has 0 unspecified atom stereocenters. The van der Waals surface area contributed by atoms with E-state index in [2.05, 4.69) is 11.4 Å². The van der Waals surface area contributed by atoms with Gasteiger partial charge in [-0.1, -0.05) is 19.3 Å². The number of benzene rings is 1. The fourth-order valence-corrected chi connectivity index (χ4v) is 3.65. The molecule has 1 aromatic carbocycles. The fraction of sp³-hybridized carbons (Fsp3) is 0.476. The molecule has 0 radical (unpaired) electrons. The van der Waals surface area contributed by atoms with Gasteiger partial charge in [0.05, 0.1) is 17.3 Å². The number of nitrogens with zero attached hydrogens (tertiary/aromatic N) is 2. The van der Waals surface area contributed by atoms with Gasteiger partial charge in [0.15, 0.2) is 6.10 Å². The molecular weight excluding hydrogens is 374 g/mol. The largest absolute Gasteiger partial charge is 0.449 e. The lowest BCUT2D eigenvalue weighted by atomic mass is 9.83. The highest BCUT2D eigenvalue weighted by Gasteiger charge is 2.35. The molecule has 0 spiro atoms. The van der Waals surface area contributed by atoms with Crippen molar-refractivity contribution in [3.63, 3.8) is 0 Å². The van der Waals surface area contributed by atoms with Gasteiger partial charge in [-0.25, -0.2) is 4.79 Å². The first-order valence-electron chi connectivity index (χ1n) is 9.75. The number of esters is 1. The van der Waals surface area contributed by atoms with E-state index in [9.17, 15) is 24.4 Å². The monoisotopic (exact) mass is 397 g/mol. The molecule has 1 saturated carbocycles. The van der Waals surface area contributed by atoms with Gasteiger partial charge in [0, 0.05) is 12.8 Å². The quantitative estimate of drug-likeness (QED) is 0.601. The Bertz CT molecular complexity index is 849. The SMILES string of the molecule is C[C@@H](OC(=O)c1ccc(N2C(=O)CCC2=O)cc1)C(=O)NC1(C#N)CCCCC1. The summed E-state index contributed by atoms with van der Waals surface area (Å²) in [4.78, 5) is 49.4. The molecule has 1 heterocycles. The number of ether oxygens (including phenoxy) is 1. The van der Waals surface area contributed by atoms with Crippen molar-refractivity contribution in [2.75, 3.05) is 4.90 Å². The van der Waals surface area contributed by atoms with Gasteiger partial charge in [-0.3, -0.25) is 19.3 Å². The fourth-order valence-electron chi connectivity index (χ4n) is 3.65. The van der Waals surface area contributed by atoms with E-state index >= 15 is 0 Å². The predicted octanol–water partition coefficient (Wildman–Crippen LogP) is 2.23. The molecule has 3 amide bonds. The summed E-state index contributed by atoms with van der Waals surface area (Å²) in [5.74, 6) is -1.76. The van der Waals surface area contributed by atoms with Gasteiger partial charge < -0.3 is 10.1 Å². The molecule has 152 valence electrons. The molecule has 29 heavy (non-hydrogen) atoms. The van der Waals surface area contributed by atoms with Gasteiger partial charge in [-0.05, 0) is 44.0 Å². The molecule has 1 aromatic rings. The Kier molecular flexibility index (Phi) is 5.97. The number of nitriles is 1. The predicted molar refractivity (Wildman–Crippen MR) is 103 cm³/mol. The van der Waals surface area contributed by atoms with Crippen LogP contribution in [0.4, 0.5) is 5.69 Å². The summed E-state index contributed by atoms with van der Waals surface area (Å²) >= 11 is 0. The van der Waals surface area contributed by atoms with Crippen molar-refractivity contribution >= 4 is 29.4 Å². The van der Waals surface area contributed by atoms with Crippen molar-refractivity contribution in [2.24, 2.45) is 0 Å². The van der Waals surface area contributed by atoms with Crippen molar-refractivity contribution in [3.8, 4) is 6.07 Å². The topological polar surface area (TPSA) is 117 Å². The van der Waals surface area contributed by atoms with Crippen molar-refractivity contribution in [2.45, 2.75) is 63.5 Å². The number of hydrogen-bond donors (Lipinski definition) is 1. The molecule has 8 nitrogen and oxygen atoms in total. The summed E-state index contributed by atoms with van der Waals surface area (Å²) in [6, 6.07) is 8.07. The van der Waals surface area contributed by atoms with Crippen LogP contribution in [0.3, 0.4) is 0 Å². The minimum absolute atomic E-state index is 0.180. The minimum Gasteiger partial charge on any atom is -0.449 e. The Hall–Kier alpha value is -3.21. The maximum atomic E-state index is 12.4. The number of amides is 3. The molecule has 2 aliphatic rings. The van der Waals surface area contributed by atoms with Gasteiger partial charge in [0.1, 0.15) is 5.54 Å². The number of anilines is 1. The average Bonchev–Trinajstić information content (AvgIpc) is 3.06. The number of rotatable bonds is 5. The normalized spacial score (nSPS) is 19.4. The molecular formula is C21H23N3O5. The van der Waals surface area contributed by atoms with Gasteiger partial charge in [-0.2, -0.15) is 5.26 Å².